The van der Waals surface area contributed by atoms with E-state index in [9.17, 15) is 19.5 Å². The van der Waals surface area contributed by atoms with Crippen molar-refractivity contribution in [3.05, 3.63) is 59.7 Å². The Morgan fingerprint density at radius 2 is 1.67 bits per heavy atom. The lowest BCUT2D eigenvalue weighted by atomic mass is 9.98. The number of carboxylic acids is 1. The molecule has 0 heterocycles. The fourth-order valence-corrected chi connectivity index (χ4v) is 4.92. The summed E-state index contributed by atoms with van der Waals surface area (Å²) in [7, 11) is 0. The molecule has 2 aliphatic rings. The number of aliphatic carboxylic acids is 1. The first-order valence-electron chi connectivity index (χ1n) is 11.6. The second kappa shape index (κ2) is 10.1. The number of fused-ring (bicyclic) bond motifs is 3. The van der Waals surface area contributed by atoms with Crippen molar-refractivity contribution in [1.82, 2.24) is 10.6 Å². The number of carboxylic acid groups (broad SMARTS) is 1. The molecule has 2 aromatic carbocycles. The molecule has 0 aliphatic heterocycles. The number of nitrogens with one attached hydrogen (secondary N) is 2. The van der Waals surface area contributed by atoms with Gasteiger partial charge in [0.05, 0.1) is 5.92 Å². The maximum atomic E-state index is 12.4. The number of alkyl carbamates (subject to hydrolysis) is 1. The Balaban J connectivity index is 1.23. The van der Waals surface area contributed by atoms with Gasteiger partial charge in [0.25, 0.3) is 0 Å². The highest BCUT2D eigenvalue weighted by Crippen LogP contribution is 2.44. The largest absolute Gasteiger partial charge is 0.481 e. The normalized spacial score (nSPS) is 19.9. The average molecular weight is 451 g/mol. The van der Waals surface area contributed by atoms with Crippen molar-refractivity contribution in [2.75, 3.05) is 13.2 Å². The summed E-state index contributed by atoms with van der Waals surface area (Å²) in [6.07, 6.45) is 2.03. The molecule has 4 rings (SSSR count). The molecular formula is C26H30N2O5. The Morgan fingerprint density at radius 1 is 1.03 bits per heavy atom. The summed E-state index contributed by atoms with van der Waals surface area (Å²) in [6.45, 7) is 2.33. The standard InChI is InChI=1S/C26H30N2O5/c1-16(24(29)28-23-12-6-11-21(23)25(30)31)13-14-27-26(32)33-15-22-19-9-4-2-7-17(19)18-8-3-5-10-20(18)22/h2-5,7-10,16,21-23H,6,11-15H2,1H3,(H,27,32)(H,28,29)(H,30,31). The lowest BCUT2D eigenvalue weighted by molar-refractivity contribution is -0.142. The first-order valence-corrected chi connectivity index (χ1v) is 11.6. The average Bonchev–Trinajstić information content (AvgIpc) is 3.40. The van der Waals surface area contributed by atoms with E-state index in [-0.39, 0.29) is 30.4 Å². The summed E-state index contributed by atoms with van der Waals surface area (Å²) in [4.78, 5) is 36.0. The summed E-state index contributed by atoms with van der Waals surface area (Å²) in [5, 5.41) is 14.9. The van der Waals surface area contributed by atoms with Gasteiger partial charge in [-0.3, -0.25) is 9.59 Å². The minimum Gasteiger partial charge on any atom is -0.481 e. The van der Waals surface area contributed by atoms with Gasteiger partial charge in [-0.25, -0.2) is 4.79 Å². The Hall–Kier alpha value is -3.35. The van der Waals surface area contributed by atoms with Crippen molar-refractivity contribution < 1.29 is 24.2 Å². The molecule has 3 unspecified atom stereocenters. The molecule has 1 saturated carbocycles. The lowest BCUT2D eigenvalue weighted by Gasteiger charge is -2.20. The Labute approximate surface area is 193 Å². The van der Waals surface area contributed by atoms with E-state index in [4.69, 9.17) is 4.74 Å². The molecule has 2 amide bonds. The van der Waals surface area contributed by atoms with Gasteiger partial charge in [-0.2, -0.15) is 0 Å². The molecule has 7 nitrogen and oxygen atoms in total. The van der Waals surface area contributed by atoms with Gasteiger partial charge >= 0.3 is 12.1 Å². The summed E-state index contributed by atoms with van der Waals surface area (Å²) in [6, 6.07) is 16.0. The molecule has 3 atom stereocenters. The Kier molecular flexibility index (Phi) is 6.96. The van der Waals surface area contributed by atoms with Crippen LogP contribution in [0.15, 0.2) is 48.5 Å². The van der Waals surface area contributed by atoms with Gasteiger partial charge in [0.1, 0.15) is 6.61 Å². The molecule has 0 bridgehead atoms. The van der Waals surface area contributed by atoms with Crippen molar-refractivity contribution >= 4 is 18.0 Å². The minimum absolute atomic E-state index is 0.00134. The van der Waals surface area contributed by atoms with Gasteiger partial charge in [-0.05, 0) is 41.5 Å². The monoisotopic (exact) mass is 450 g/mol. The van der Waals surface area contributed by atoms with Gasteiger partial charge in [0.15, 0.2) is 0 Å². The van der Waals surface area contributed by atoms with E-state index in [1.165, 1.54) is 11.1 Å². The van der Waals surface area contributed by atoms with Crippen LogP contribution in [-0.2, 0) is 14.3 Å². The predicted molar refractivity (Wildman–Crippen MR) is 124 cm³/mol. The molecule has 2 aromatic rings. The van der Waals surface area contributed by atoms with Crippen molar-refractivity contribution in [3.8, 4) is 11.1 Å². The van der Waals surface area contributed by atoms with Crippen LogP contribution < -0.4 is 10.6 Å². The first-order chi connectivity index (χ1) is 16.0. The van der Waals surface area contributed by atoms with E-state index in [1.54, 1.807) is 6.92 Å². The third kappa shape index (κ3) is 5.02. The van der Waals surface area contributed by atoms with Crippen LogP contribution in [0, 0.1) is 11.8 Å². The van der Waals surface area contributed by atoms with Crippen molar-refractivity contribution in [1.29, 1.82) is 0 Å². The molecule has 0 saturated heterocycles. The molecule has 174 valence electrons. The van der Waals surface area contributed by atoms with Crippen molar-refractivity contribution in [3.63, 3.8) is 0 Å². The van der Waals surface area contributed by atoms with Gasteiger partial charge in [0.2, 0.25) is 5.91 Å². The molecule has 2 aliphatic carbocycles. The number of hydrogen-bond acceptors (Lipinski definition) is 4. The molecule has 1 fully saturated rings. The van der Waals surface area contributed by atoms with E-state index >= 15 is 0 Å². The van der Waals surface area contributed by atoms with E-state index in [1.807, 2.05) is 24.3 Å². The zero-order valence-electron chi connectivity index (χ0n) is 18.8. The summed E-state index contributed by atoms with van der Waals surface area (Å²) >= 11 is 0. The van der Waals surface area contributed by atoms with Crippen LogP contribution in [0.5, 0.6) is 0 Å². The number of ether oxygens (including phenoxy) is 1. The predicted octanol–water partition coefficient (Wildman–Crippen LogP) is 3.92. The smallest absolute Gasteiger partial charge is 0.407 e. The van der Waals surface area contributed by atoms with Crippen LogP contribution in [0.4, 0.5) is 4.79 Å². The minimum atomic E-state index is -0.859. The number of rotatable bonds is 8. The number of amides is 2. The van der Waals surface area contributed by atoms with Crippen LogP contribution in [0.3, 0.4) is 0 Å². The Bertz CT molecular complexity index is 991. The molecule has 0 aromatic heterocycles. The quantitative estimate of drug-likeness (QED) is 0.565. The summed E-state index contributed by atoms with van der Waals surface area (Å²) in [5.41, 5.74) is 4.66. The summed E-state index contributed by atoms with van der Waals surface area (Å²) in [5.74, 6) is -1.89. The highest BCUT2D eigenvalue weighted by molar-refractivity contribution is 5.80. The molecule has 0 spiro atoms. The highest BCUT2D eigenvalue weighted by atomic mass is 16.5. The van der Waals surface area contributed by atoms with Crippen molar-refractivity contribution in [2.24, 2.45) is 11.8 Å². The zero-order chi connectivity index (χ0) is 23.4. The lowest BCUT2D eigenvalue weighted by Crippen LogP contribution is -2.43. The van der Waals surface area contributed by atoms with Crippen LogP contribution >= 0.6 is 0 Å². The summed E-state index contributed by atoms with van der Waals surface area (Å²) < 4.78 is 5.51. The van der Waals surface area contributed by atoms with Gasteiger partial charge in [0, 0.05) is 24.4 Å². The van der Waals surface area contributed by atoms with Crippen LogP contribution in [0.25, 0.3) is 11.1 Å². The van der Waals surface area contributed by atoms with Gasteiger partial charge in [-0.1, -0.05) is 61.9 Å². The zero-order valence-corrected chi connectivity index (χ0v) is 18.8. The first kappa shape index (κ1) is 22.8. The van der Waals surface area contributed by atoms with Gasteiger partial charge < -0.3 is 20.5 Å². The van der Waals surface area contributed by atoms with E-state index in [0.29, 0.717) is 25.8 Å². The van der Waals surface area contributed by atoms with Crippen LogP contribution in [0.2, 0.25) is 0 Å². The maximum Gasteiger partial charge on any atom is 0.407 e. The SMILES string of the molecule is CC(CCNC(=O)OCC1c2ccccc2-c2ccccc21)C(=O)NC1CCCC1C(=O)O. The fourth-order valence-electron chi connectivity index (χ4n) is 4.92. The van der Waals surface area contributed by atoms with Crippen LogP contribution in [-0.4, -0.2) is 42.3 Å². The molecule has 3 N–H and O–H groups in total. The topological polar surface area (TPSA) is 105 Å². The van der Waals surface area contributed by atoms with E-state index in [0.717, 1.165) is 17.5 Å². The molecule has 7 heteroatoms. The maximum absolute atomic E-state index is 12.4. The van der Waals surface area contributed by atoms with Crippen molar-refractivity contribution in [2.45, 2.75) is 44.6 Å². The van der Waals surface area contributed by atoms with E-state index < -0.39 is 18.0 Å². The van der Waals surface area contributed by atoms with Gasteiger partial charge in [-0.15, -0.1) is 0 Å². The molecule has 33 heavy (non-hydrogen) atoms. The third-order valence-electron chi connectivity index (χ3n) is 6.80. The van der Waals surface area contributed by atoms with Crippen LogP contribution in [0.1, 0.15) is 49.7 Å². The Morgan fingerprint density at radius 3 is 2.30 bits per heavy atom. The number of hydrogen-bond donors (Lipinski definition) is 3. The fraction of sp³-hybridized carbons (Fsp3) is 0.423. The second-order valence-corrected chi connectivity index (χ2v) is 8.93. The number of carbonyl (C=O) groups excluding carboxylic acids is 2. The third-order valence-corrected chi connectivity index (χ3v) is 6.80. The van der Waals surface area contributed by atoms with E-state index in [2.05, 4.69) is 34.9 Å². The molecular weight excluding hydrogens is 420 g/mol. The number of carbonyl (C=O) groups is 3. The highest BCUT2D eigenvalue weighted by Gasteiger charge is 2.34. The molecule has 0 radical (unpaired) electrons. The second-order valence-electron chi connectivity index (χ2n) is 8.93. The number of benzene rings is 2.